The van der Waals surface area contributed by atoms with E-state index in [0.29, 0.717) is 23.7 Å². The normalized spacial score (nSPS) is 14.4. The summed E-state index contributed by atoms with van der Waals surface area (Å²) >= 11 is 0. The van der Waals surface area contributed by atoms with E-state index in [9.17, 15) is 9.59 Å². The van der Waals surface area contributed by atoms with Gasteiger partial charge in [-0.25, -0.2) is 4.79 Å². The van der Waals surface area contributed by atoms with Crippen LogP contribution in [0.2, 0.25) is 0 Å². The topological polar surface area (TPSA) is 70.2 Å². The van der Waals surface area contributed by atoms with Crippen molar-refractivity contribution in [2.45, 2.75) is 39.0 Å². The number of carbonyl (C=O) groups excluding carboxylic acids is 2. The van der Waals surface area contributed by atoms with Crippen molar-refractivity contribution >= 4 is 23.3 Å². The van der Waals surface area contributed by atoms with Gasteiger partial charge in [0.05, 0.1) is 0 Å². The van der Waals surface area contributed by atoms with E-state index in [-0.39, 0.29) is 11.9 Å². The molecular weight excluding hydrogens is 338 g/mol. The molecule has 2 aromatic rings. The smallest absolute Gasteiger partial charge is 0.319 e. The molecule has 1 saturated carbocycles. The Labute approximate surface area is 160 Å². The van der Waals surface area contributed by atoms with Gasteiger partial charge in [0.25, 0.3) is 5.91 Å². The van der Waals surface area contributed by atoms with Gasteiger partial charge in [-0.2, -0.15) is 0 Å². The van der Waals surface area contributed by atoms with E-state index < -0.39 is 0 Å². The van der Waals surface area contributed by atoms with Gasteiger partial charge in [0.1, 0.15) is 0 Å². The summed E-state index contributed by atoms with van der Waals surface area (Å²) in [6, 6.07) is 14.4. The van der Waals surface area contributed by atoms with Crippen molar-refractivity contribution in [3.63, 3.8) is 0 Å². The van der Waals surface area contributed by atoms with Crippen molar-refractivity contribution in [3.8, 4) is 0 Å². The van der Waals surface area contributed by atoms with Crippen molar-refractivity contribution in [2.75, 3.05) is 17.2 Å². The minimum atomic E-state index is -0.218. The number of hydrogen-bond donors (Lipinski definition) is 3. The Hall–Kier alpha value is -2.82. The minimum absolute atomic E-state index is 0.202. The van der Waals surface area contributed by atoms with Crippen LogP contribution < -0.4 is 16.0 Å². The van der Waals surface area contributed by atoms with E-state index in [4.69, 9.17) is 0 Å². The summed E-state index contributed by atoms with van der Waals surface area (Å²) in [6.45, 7) is 2.62. The van der Waals surface area contributed by atoms with Crippen LogP contribution in [0.3, 0.4) is 0 Å². The maximum absolute atomic E-state index is 12.5. The standard InChI is InChI=1S/C22H27N3O2/c1-16-12-13-18(21(26)24-19-10-6-3-7-11-19)14-20(16)25-22(27)23-15-17-8-4-2-5-9-17/h3,6-7,10-14,17H,2,4-5,8-9,15H2,1H3,(H,24,26)(H2,23,25,27). The van der Waals surface area contributed by atoms with Crippen LogP contribution in [0, 0.1) is 12.8 Å². The number of amides is 3. The number of hydrogen-bond acceptors (Lipinski definition) is 2. The van der Waals surface area contributed by atoms with Gasteiger partial charge >= 0.3 is 6.03 Å². The first kappa shape index (κ1) is 19.0. The number of benzene rings is 2. The average Bonchev–Trinajstić information content (AvgIpc) is 2.69. The SMILES string of the molecule is Cc1ccc(C(=O)Nc2ccccc2)cc1NC(=O)NCC1CCCCC1. The molecule has 0 spiro atoms. The van der Waals surface area contributed by atoms with E-state index >= 15 is 0 Å². The van der Waals surface area contributed by atoms with Gasteiger partial charge in [0, 0.05) is 23.5 Å². The first-order valence-corrected chi connectivity index (χ1v) is 9.64. The molecule has 3 N–H and O–H groups in total. The molecule has 0 heterocycles. The molecule has 1 aliphatic rings. The predicted octanol–water partition coefficient (Wildman–Crippen LogP) is 4.95. The van der Waals surface area contributed by atoms with E-state index in [2.05, 4.69) is 16.0 Å². The Kier molecular flexibility index (Phi) is 6.47. The maximum atomic E-state index is 12.5. The van der Waals surface area contributed by atoms with E-state index in [0.717, 1.165) is 11.3 Å². The monoisotopic (exact) mass is 365 g/mol. The number of urea groups is 1. The molecule has 3 rings (SSSR count). The van der Waals surface area contributed by atoms with Crippen molar-refractivity contribution in [1.82, 2.24) is 5.32 Å². The molecule has 5 heteroatoms. The van der Waals surface area contributed by atoms with E-state index in [1.54, 1.807) is 12.1 Å². The van der Waals surface area contributed by atoms with Crippen LogP contribution in [-0.2, 0) is 0 Å². The zero-order valence-corrected chi connectivity index (χ0v) is 15.8. The largest absolute Gasteiger partial charge is 0.338 e. The molecule has 3 amide bonds. The van der Waals surface area contributed by atoms with Crippen LogP contribution in [0.5, 0.6) is 0 Å². The van der Waals surface area contributed by atoms with Crippen LogP contribution in [0.1, 0.15) is 48.0 Å². The molecule has 1 fully saturated rings. The van der Waals surface area contributed by atoms with Gasteiger partial charge < -0.3 is 16.0 Å². The summed E-state index contributed by atoms with van der Waals surface area (Å²) < 4.78 is 0. The van der Waals surface area contributed by atoms with Crippen LogP contribution in [0.4, 0.5) is 16.2 Å². The summed E-state index contributed by atoms with van der Waals surface area (Å²) in [4.78, 5) is 24.7. The second kappa shape index (κ2) is 9.21. The third-order valence-electron chi connectivity index (χ3n) is 5.06. The number of nitrogens with one attached hydrogen (secondary N) is 3. The Morgan fingerprint density at radius 1 is 0.963 bits per heavy atom. The zero-order chi connectivity index (χ0) is 19.1. The number of rotatable bonds is 5. The first-order chi connectivity index (χ1) is 13.1. The fourth-order valence-electron chi connectivity index (χ4n) is 3.42. The summed E-state index contributed by atoms with van der Waals surface area (Å²) in [5.74, 6) is 0.375. The van der Waals surface area contributed by atoms with Gasteiger partial charge in [0.15, 0.2) is 0 Å². The molecule has 2 aromatic carbocycles. The summed E-state index contributed by atoms with van der Waals surface area (Å²) in [5, 5.41) is 8.70. The minimum Gasteiger partial charge on any atom is -0.338 e. The van der Waals surface area contributed by atoms with Crippen LogP contribution >= 0.6 is 0 Å². The predicted molar refractivity (Wildman–Crippen MR) is 109 cm³/mol. The van der Waals surface area contributed by atoms with Gasteiger partial charge in [-0.15, -0.1) is 0 Å². The molecule has 0 aromatic heterocycles. The third kappa shape index (κ3) is 5.58. The lowest BCUT2D eigenvalue weighted by Gasteiger charge is -2.22. The van der Waals surface area contributed by atoms with E-state index in [1.807, 2.05) is 43.3 Å². The Morgan fingerprint density at radius 3 is 2.44 bits per heavy atom. The molecule has 0 aliphatic heterocycles. The number of para-hydroxylation sites is 1. The maximum Gasteiger partial charge on any atom is 0.319 e. The lowest BCUT2D eigenvalue weighted by atomic mass is 9.89. The van der Waals surface area contributed by atoms with Crippen molar-refractivity contribution in [3.05, 3.63) is 59.7 Å². The lowest BCUT2D eigenvalue weighted by molar-refractivity contribution is 0.102. The van der Waals surface area contributed by atoms with Crippen molar-refractivity contribution in [2.24, 2.45) is 5.92 Å². The third-order valence-corrected chi connectivity index (χ3v) is 5.06. The highest BCUT2D eigenvalue weighted by atomic mass is 16.2. The van der Waals surface area contributed by atoms with Crippen molar-refractivity contribution < 1.29 is 9.59 Å². The number of anilines is 2. The molecule has 0 atom stereocenters. The van der Waals surface area contributed by atoms with Crippen LogP contribution in [0.25, 0.3) is 0 Å². The fraction of sp³-hybridized carbons (Fsp3) is 0.364. The molecule has 0 radical (unpaired) electrons. The number of aryl methyl sites for hydroxylation is 1. The van der Waals surface area contributed by atoms with E-state index in [1.165, 1.54) is 32.1 Å². The fourth-order valence-corrected chi connectivity index (χ4v) is 3.42. The zero-order valence-electron chi connectivity index (χ0n) is 15.8. The summed E-state index contributed by atoms with van der Waals surface area (Å²) in [6.07, 6.45) is 6.19. The molecule has 0 saturated heterocycles. The molecule has 0 bridgehead atoms. The Morgan fingerprint density at radius 2 is 1.70 bits per heavy atom. The average molecular weight is 365 g/mol. The second-order valence-electron chi connectivity index (χ2n) is 7.19. The molecule has 5 nitrogen and oxygen atoms in total. The van der Waals surface area contributed by atoms with Gasteiger partial charge in [-0.1, -0.05) is 43.5 Å². The molecule has 0 unspecified atom stereocenters. The summed E-state index contributed by atoms with van der Waals surface area (Å²) in [5.41, 5.74) is 2.81. The highest BCUT2D eigenvalue weighted by Gasteiger charge is 2.15. The molecule has 27 heavy (non-hydrogen) atoms. The lowest BCUT2D eigenvalue weighted by Crippen LogP contribution is -2.34. The molecule has 142 valence electrons. The van der Waals surface area contributed by atoms with Gasteiger partial charge in [0.2, 0.25) is 0 Å². The first-order valence-electron chi connectivity index (χ1n) is 9.64. The molecule has 1 aliphatic carbocycles. The number of carbonyl (C=O) groups is 2. The highest BCUT2D eigenvalue weighted by Crippen LogP contribution is 2.23. The second-order valence-corrected chi connectivity index (χ2v) is 7.19. The van der Waals surface area contributed by atoms with Crippen LogP contribution in [-0.4, -0.2) is 18.5 Å². The van der Waals surface area contributed by atoms with Gasteiger partial charge in [-0.3, -0.25) is 4.79 Å². The molecular formula is C22H27N3O2. The van der Waals surface area contributed by atoms with Crippen LogP contribution in [0.15, 0.2) is 48.5 Å². The van der Waals surface area contributed by atoms with Crippen molar-refractivity contribution in [1.29, 1.82) is 0 Å². The summed E-state index contributed by atoms with van der Waals surface area (Å²) in [7, 11) is 0. The highest BCUT2D eigenvalue weighted by molar-refractivity contribution is 6.05. The quantitative estimate of drug-likeness (QED) is 0.702. The van der Waals surface area contributed by atoms with Gasteiger partial charge in [-0.05, 0) is 55.5 Å². The Balaban J connectivity index is 1.59. The Bertz CT molecular complexity index is 783.